The fraction of sp³-hybridized carbons (Fsp3) is 0.600. The molecule has 1 aromatic rings. The number of aliphatic hydroxyl groups excluding tert-OH is 1. The molecule has 1 aliphatic rings. The maximum Gasteiger partial charge on any atom is 0.123 e. The third-order valence-corrected chi connectivity index (χ3v) is 3.50. The molecule has 0 aliphatic carbocycles. The Balaban J connectivity index is 0.000000861. The fourth-order valence-electron chi connectivity index (χ4n) is 2.53. The summed E-state index contributed by atoms with van der Waals surface area (Å²) in [5.41, 5.74) is 1.08. The van der Waals surface area contributed by atoms with Gasteiger partial charge in [0.15, 0.2) is 0 Å². The highest BCUT2D eigenvalue weighted by atomic mass is 19.1. The molecule has 1 saturated heterocycles. The van der Waals surface area contributed by atoms with Crippen LogP contribution < -0.4 is 5.32 Å². The van der Waals surface area contributed by atoms with Gasteiger partial charge in [-0.3, -0.25) is 4.90 Å². The predicted octanol–water partition coefficient (Wildman–Crippen LogP) is 1.87. The van der Waals surface area contributed by atoms with Gasteiger partial charge in [0.05, 0.1) is 0 Å². The Kier molecular flexibility index (Phi) is 7.63. The van der Waals surface area contributed by atoms with Crippen molar-refractivity contribution in [3.8, 4) is 0 Å². The van der Waals surface area contributed by atoms with Crippen molar-refractivity contribution in [3.63, 3.8) is 0 Å². The zero-order valence-electron chi connectivity index (χ0n) is 11.9. The molecule has 0 aromatic heterocycles. The minimum atomic E-state index is -0.132. The lowest BCUT2D eigenvalue weighted by Gasteiger charge is -2.31. The molecule has 0 amide bonds. The van der Waals surface area contributed by atoms with E-state index in [1.807, 2.05) is 13.1 Å². The molecule has 1 heterocycles. The maximum atomic E-state index is 13.1. The Morgan fingerprint density at radius 2 is 2.00 bits per heavy atom. The Morgan fingerprint density at radius 1 is 1.32 bits per heavy atom. The van der Waals surface area contributed by atoms with Gasteiger partial charge in [0.1, 0.15) is 5.82 Å². The van der Waals surface area contributed by atoms with Gasteiger partial charge in [-0.15, -0.1) is 0 Å². The van der Waals surface area contributed by atoms with Crippen LogP contribution in [0, 0.1) is 11.7 Å². The molecular weight excluding hydrogens is 243 g/mol. The normalized spacial score (nSPS) is 16.8. The smallest absolute Gasteiger partial charge is 0.123 e. The monoisotopic (exact) mass is 268 g/mol. The number of halogens is 1. The SMILES string of the molecule is CNCC1CCN(Cc2cccc(F)c2)CC1.CO. The number of aliphatic hydroxyl groups is 1. The van der Waals surface area contributed by atoms with Crippen molar-refractivity contribution in [2.75, 3.05) is 33.8 Å². The average Bonchev–Trinajstić information content (AvgIpc) is 2.44. The highest BCUT2D eigenvalue weighted by Gasteiger charge is 2.18. The zero-order chi connectivity index (χ0) is 14.1. The molecule has 0 radical (unpaired) electrons. The first kappa shape index (κ1) is 16.1. The van der Waals surface area contributed by atoms with Gasteiger partial charge in [-0.2, -0.15) is 0 Å². The Hall–Kier alpha value is -0.970. The Morgan fingerprint density at radius 3 is 2.58 bits per heavy atom. The number of piperidine rings is 1. The van der Waals surface area contributed by atoms with Crippen LogP contribution in [-0.2, 0) is 6.54 Å². The summed E-state index contributed by atoms with van der Waals surface area (Å²) < 4.78 is 13.1. The zero-order valence-corrected chi connectivity index (χ0v) is 11.9. The molecule has 2 rings (SSSR count). The molecule has 0 bridgehead atoms. The minimum absolute atomic E-state index is 0.132. The van der Waals surface area contributed by atoms with Gasteiger partial charge in [-0.25, -0.2) is 4.39 Å². The first-order chi connectivity index (χ1) is 9.28. The van der Waals surface area contributed by atoms with Gasteiger partial charge in [0, 0.05) is 13.7 Å². The van der Waals surface area contributed by atoms with Gasteiger partial charge in [0.25, 0.3) is 0 Å². The van der Waals surface area contributed by atoms with Crippen molar-refractivity contribution in [2.45, 2.75) is 19.4 Å². The minimum Gasteiger partial charge on any atom is -0.400 e. The summed E-state index contributed by atoms with van der Waals surface area (Å²) >= 11 is 0. The largest absolute Gasteiger partial charge is 0.400 e. The first-order valence-electron chi connectivity index (χ1n) is 6.84. The van der Waals surface area contributed by atoms with Crippen LogP contribution in [0.3, 0.4) is 0 Å². The van der Waals surface area contributed by atoms with Crippen molar-refractivity contribution < 1.29 is 9.50 Å². The van der Waals surface area contributed by atoms with Crippen molar-refractivity contribution in [3.05, 3.63) is 35.6 Å². The number of nitrogens with zero attached hydrogens (tertiary/aromatic N) is 1. The molecular formula is C15H25FN2O. The summed E-state index contributed by atoms with van der Waals surface area (Å²) in [6.45, 7) is 4.25. The van der Waals surface area contributed by atoms with E-state index in [0.29, 0.717) is 0 Å². The summed E-state index contributed by atoms with van der Waals surface area (Å²) in [6.07, 6.45) is 2.49. The predicted molar refractivity (Wildman–Crippen MR) is 76.5 cm³/mol. The van der Waals surface area contributed by atoms with Crippen molar-refractivity contribution in [1.29, 1.82) is 0 Å². The van der Waals surface area contributed by atoms with E-state index >= 15 is 0 Å². The van der Waals surface area contributed by atoms with Gasteiger partial charge in [0.2, 0.25) is 0 Å². The first-order valence-corrected chi connectivity index (χ1v) is 6.84. The topological polar surface area (TPSA) is 35.5 Å². The standard InChI is InChI=1S/C14H21FN2.CH4O/c1-16-10-12-5-7-17(8-6-12)11-13-3-2-4-14(15)9-13;1-2/h2-4,9,12,16H,5-8,10-11H2,1H3;2H,1H3. The molecule has 1 fully saturated rings. The molecule has 0 saturated carbocycles. The number of likely N-dealkylation sites (tertiary alicyclic amines) is 1. The third kappa shape index (κ3) is 5.68. The second-order valence-electron chi connectivity index (χ2n) is 4.91. The second kappa shape index (κ2) is 9.02. The summed E-state index contributed by atoms with van der Waals surface area (Å²) in [5, 5.41) is 10.2. The van der Waals surface area contributed by atoms with Crippen LogP contribution >= 0.6 is 0 Å². The molecule has 0 unspecified atom stereocenters. The van der Waals surface area contributed by atoms with E-state index in [4.69, 9.17) is 5.11 Å². The number of rotatable bonds is 4. The summed E-state index contributed by atoms with van der Waals surface area (Å²) in [4.78, 5) is 2.42. The lowest BCUT2D eigenvalue weighted by molar-refractivity contribution is 0.176. The molecule has 0 atom stereocenters. The highest BCUT2D eigenvalue weighted by Crippen LogP contribution is 2.18. The number of hydrogen-bond acceptors (Lipinski definition) is 3. The molecule has 1 aromatic carbocycles. The van der Waals surface area contributed by atoms with E-state index in [9.17, 15) is 4.39 Å². The molecule has 108 valence electrons. The van der Waals surface area contributed by atoms with E-state index in [1.54, 1.807) is 12.1 Å². The van der Waals surface area contributed by atoms with E-state index < -0.39 is 0 Å². The fourth-order valence-corrected chi connectivity index (χ4v) is 2.53. The van der Waals surface area contributed by atoms with E-state index in [-0.39, 0.29) is 5.82 Å². The molecule has 3 nitrogen and oxygen atoms in total. The van der Waals surface area contributed by atoms with Crippen molar-refractivity contribution in [2.24, 2.45) is 5.92 Å². The summed E-state index contributed by atoms with van der Waals surface area (Å²) in [6, 6.07) is 6.93. The van der Waals surface area contributed by atoms with Gasteiger partial charge in [-0.05, 0) is 63.1 Å². The van der Waals surface area contributed by atoms with Gasteiger partial charge < -0.3 is 10.4 Å². The van der Waals surface area contributed by atoms with Crippen LogP contribution in [0.25, 0.3) is 0 Å². The van der Waals surface area contributed by atoms with Crippen LogP contribution in [0.4, 0.5) is 4.39 Å². The summed E-state index contributed by atoms with van der Waals surface area (Å²) in [5.74, 6) is 0.677. The van der Waals surface area contributed by atoms with Crippen LogP contribution in [0.1, 0.15) is 18.4 Å². The molecule has 2 N–H and O–H groups in total. The van der Waals surface area contributed by atoms with E-state index in [2.05, 4.69) is 10.2 Å². The van der Waals surface area contributed by atoms with Gasteiger partial charge in [-0.1, -0.05) is 12.1 Å². The maximum absolute atomic E-state index is 13.1. The van der Waals surface area contributed by atoms with E-state index in [0.717, 1.165) is 44.8 Å². The van der Waals surface area contributed by atoms with Crippen LogP contribution in [0.2, 0.25) is 0 Å². The molecule has 0 spiro atoms. The van der Waals surface area contributed by atoms with Crippen LogP contribution in [0.15, 0.2) is 24.3 Å². The lowest BCUT2D eigenvalue weighted by Crippen LogP contribution is -2.36. The van der Waals surface area contributed by atoms with Crippen molar-refractivity contribution in [1.82, 2.24) is 10.2 Å². The third-order valence-electron chi connectivity index (χ3n) is 3.50. The Bertz CT molecular complexity index is 352. The van der Waals surface area contributed by atoms with Crippen LogP contribution in [0.5, 0.6) is 0 Å². The number of hydrogen-bond donors (Lipinski definition) is 2. The molecule has 4 heteroatoms. The highest BCUT2D eigenvalue weighted by molar-refractivity contribution is 5.16. The average molecular weight is 268 g/mol. The van der Waals surface area contributed by atoms with Crippen molar-refractivity contribution >= 4 is 0 Å². The second-order valence-corrected chi connectivity index (χ2v) is 4.91. The number of nitrogens with one attached hydrogen (secondary N) is 1. The quantitative estimate of drug-likeness (QED) is 0.875. The van der Waals surface area contributed by atoms with Crippen LogP contribution in [-0.4, -0.2) is 43.8 Å². The summed E-state index contributed by atoms with van der Waals surface area (Å²) in [7, 11) is 3.01. The van der Waals surface area contributed by atoms with E-state index in [1.165, 1.54) is 18.9 Å². The molecule has 19 heavy (non-hydrogen) atoms. The van der Waals surface area contributed by atoms with Gasteiger partial charge >= 0.3 is 0 Å². The Labute approximate surface area is 115 Å². The number of benzene rings is 1. The molecule has 1 aliphatic heterocycles. The lowest BCUT2D eigenvalue weighted by atomic mass is 9.96.